The van der Waals surface area contributed by atoms with Gasteiger partial charge in [-0.2, -0.15) is 0 Å². The molecule has 0 atom stereocenters. The molecular weight excluding hydrogens is 288 g/mol. The van der Waals surface area contributed by atoms with Crippen LogP contribution in [0.3, 0.4) is 0 Å². The highest BCUT2D eigenvalue weighted by Gasteiger charge is 2.03. The number of hydrogen-bond acceptors (Lipinski definition) is 2. The minimum atomic E-state index is -1.01. The highest BCUT2D eigenvalue weighted by molar-refractivity contribution is 5.99. The topological polar surface area (TPSA) is 38.3 Å². The quantitative estimate of drug-likeness (QED) is 0.682. The summed E-state index contributed by atoms with van der Waals surface area (Å²) in [6.07, 6.45) is 2.28. The Morgan fingerprint density at radius 2 is 1.82 bits per heavy atom. The maximum atomic E-state index is 13.0. The van der Waals surface area contributed by atoms with Crippen LogP contribution in [0.4, 0.5) is 14.5 Å². The summed E-state index contributed by atoms with van der Waals surface area (Å²) in [4.78, 5) is 11.7. The average molecular weight is 303 g/mol. The molecule has 0 aliphatic rings. The smallest absolute Gasteiger partial charge is 0.251 e. The largest absolute Gasteiger partial charge is 0.465 e. The third kappa shape index (κ3) is 4.15. The maximum absolute atomic E-state index is 13.0. The van der Waals surface area contributed by atoms with E-state index in [1.165, 1.54) is 6.07 Å². The first kappa shape index (κ1) is 15.7. The summed E-state index contributed by atoms with van der Waals surface area (Å²) < 4.78 is 30.7. The molecular formula is C17H15F2NO2. The molecule has 2 aromatic rings. The summed E-state index contributed by atoms with van der Waals surface area (Å²) in [7, 11) is 0. The summed E-state index contributed by atoms with van der Waals surface area (Å²) in [5.74, 6) is -2.24. The average Bonchev–Trinajstić information content (AvgIpc) is 2.47. The second-order valence-electron chi connectivity index (χ2n) is 4.78. The summed E-state index contributed by atoms with van der Waals surface area (Å²) in [5, 5.41) is 2.68. The second-order valence-corrected chi connectivity index (χ2v) is 4.78. The molecule has 0 aliphatic carbocycles. The number of ether oxygens (including phenoxy) is 1. The molecule has 22 heavy (non-hydrogen) atoms. The van der Waals surface area contributed by atoms with Gasteiger partial charge in [-0.15, -0.1) is 0 Å². The molecule has 114 valence electrons. The Morgan fingerprint density at radius 3 is 2.50 bits per heavy atom. The molecule has 0 spiro atoms. The Balaban J connectivity index is 1.93. The van der Waals surface area contributed by atoms with E-state index < -0.39 is 11.6 Å². The number of anilines is 1. The van der Waals surface area contributed by atoms with E-state index in [0.29, 0.717) is 5.69 Å². The SMILES string of the molecule is Cc1ccc(NC(=O)C=COc2ccc(F)c(F)c2)cc1C. The molecule has 0 saturated heterocycles. The Kier molecular flexibility index (Phi) is 4.88. The van der Waals surface area contributed by atoms with Crippen molar-refractivity contribution in [3.8, 4) is 5.75 Å². The van der Waals surface area contributed by atoms with Crippen molar-refractivity contribution >= 4 is 11.6 Å². The van der Waals surface area contributed by atoms with Gasteiger partial charge in [-0.05, 0) is 49.2 Å². The lowest BCUT2D eigenvalue weighted by Gasteiger charge is -2.05. The van der Waals surface area contributed by atoms with Gasteiger partial charge in [-0.25, -0.2) is 8.78 Å². The molecule has 3 nitrogen and oxygen atoms in total. The van der Waals surface area contributed by atoms with E-state index in [1.807, 2.05) is 26.0 Å². The summed E-state index contributed by atoms with van der Waals surface area (Å²) in [6, 6.07) is 8.69. The van der Waals surface area contributed by atoms with E-state index in [4.69, 9.17) is 4.74 Å². The number of hydrogen-bond donors (Lipinski definition) is 1. The number of carbonyl (C=O) groups is 1. The molecule has 0 aromatic heterocycles. The van der Waals surface area contributed by atoms with Gasteiger partial charge in [-0.1, -0.05) is 6.07 Å². The van der Waals surface area contributed by atoms with Gasteiger partial charge in [0.1, 0.15) is 5.75 Å². The number of amides is 1. The number of aryl methyl sites for hydroxylation is 2. The molecule has 2 aromatic carbocycles. The third-order valence-electron chi connectivity index (χ3n) is 3.09. The zero-order chi connectivity index (χ0) is 16.1. The van der Waals surface area contributed by atoms with Gasteiger partial charge < -0.3 is 10.1 Å². The molecule has 0 fully saturated rings. The predicted molar refractivity (Wildman–Crippen MR) is 80.7 cm³/mol. The van der Waals surface area contributed by atoms with Crippen LogP contribution in [-0.4, -0.2) is 5.91 Å². The van der Waals surface area contributed by atoms with E-state index in [9.17, 15) is 13.6 Å². The zero-order valence-corrected chi connectivity index (χ0v) is 12.2. The fourth-order valence-corrected chi connectivity index (χ4v) is 1.73. The minimum Gasteiger partial charge on any atom is -0.465 e. The predicted octanol–water partition coefficient (Wildman–Crippen LogP) is 4.11. The molecule has 1 amide bonds. The van der Waals surface area contributed by atoms with E-state index in [2.05, 4.69) is 5.32 Å². The summed E-state index contributed by atoms with van der Waals surface area (Å²) in [5.41, 5.74) is 2.88. The van der Waals surface area contributed by atoms with Crippen LogP contribution in [0.1, 0.15) is 11.1 Å². The Bertz CT molecular complexity index is 727. The van der Waals surface area contributed by atoms with E-state index >= 15 is 0 Å². The van der Waals surface area contributed by atoms with Crippen LogP contribution in [0.2, 0.25) is 0 Å². The van der Waals surface area contributed by atoms with Crippen molar-refractivity contribution in [3.05, 3.63) is 71.5 Å². The van der Waals surface area contributed by atoms with Crippen molar-refractivity contribution in [2.75, 3.05) is 5.32 Å². The van der Waals surface area contributed by atoms with Gasteiger partial charge in [0.15, 0.2) is 11.6 Å². The molecule has 0 saturated carbocycles. The monoisotopic (exact) mass is 303 g/mol. The molecule has 5 heteroatoms. The van der Waals surface area contributed by atoms with Gasteiger partial charge in [0, 0.05) is 17.8 Å². The van der Waals surface area contributed by atoms with Crippen molar-refractivity contribution < 1.29 is 18.3 Å². The highest BCUT2D eigenvalue weighted by atomic mass is 19.2. The first-order chi connectivity index (χ1) is 10.5. The van der Waals surface area contributed by atoms with Gasteiger partial charge in [-0.3, -0.25) is 4.79 Å². The van der Waals surface area contributed by atoms with E-state index in [0.717, 1.165) is 35.6 Å². The van der Waals surface area contributed by atoms with Crippen LogP contribution in [-0.2, 0) is 4.79 Å². The van der Waals surface area contributed by atoms with Crippen LogP contribution < -0.4 is 10.1 Å². The molecule has 0 unspecified atom stereocenters. The molecule has 1 N–H and O–H groups in total. The number of benzene rings is 2. The normalized spacial score (nSPS) is 10.7. The van der Waals surface area contributed by atoms with Crippen LogP contribution >= 0.6 is 0 Å². The summed E-state index contributed by atoms with van der Waals surface area (Å²) >= 11 is 0. The lowest BCUT2D eigenvalue weighted by atomic mass is 10.1. The van der Waals surface area contributed by atoms with Gasteiger partial charge >= 0.3 is 0 Å². The van der Waals surface area contributed by atoms with Crippen LogP contribution in [0.5, 0.6) is 5.75 Å². The fourth-order valence-electron chi connectivity index (χ4n) is 1.73. The first-order valence-corrected chi connectivity index (χ1v) is 6.62. The van der Waals surface area contributed by atoms with E-state index in [-0.39, 0.29) is 11.7 Å². The van der Waals surface area contributed by atoms with Gasteiger partial charge in [0.25, 0.3) is 5.91 Å². The van der Waals surface area contributed by atoms with Crippen molar-refractivity contribution in [2.24, 2.45) is 0 Å². The van der Waals surface area contributed by atoms with Crippen LogP contribution in [0.25, 0.3) is 0 Å². The van der Waals surface area contributed by atoms with Gasteiger partial charge in [0.2, 0.25) is 0 Å². The van der Waals surface area contributed by atoms with E-state index in [1.54, 1.807) is 6.07 Å². The number of rotatable bonds is 4. The molecule has 0 aliphatic heterocycles. The standard InChI is InChI=1S/C17H15F2NO2/c1-11-3-4-13(9-12(11)2)20-17(21)7-8-22-14-5-6-15(18)16(19)10-14/h3-10H,1-2H3,(H,20,21). The van der Waals surface area contributed by atoms with Crippen LogP contribution in [0, 0.1) is 25.5 Å². The number of nitrogens with one attached hydrogen (secondary N) is 1. The van der Waals surface area contributed by atoms with Crippen molar-refractivity contribution in [2.45, 2.75) is 13.8 Å². The first-order valence-electron chi connectivity index (χ1n) is 6.62. The Hall–Kier alpha value is -2.69. The van der Waals surface area contributed by atoms with Crippen LogP contribution in [0.15, 0.2) is 48.7 Å². The minimum absolute atomic E-state index is 0.106. The molecule has 0 bridgehead atoms. The molecule has 0 heterocycles. The maximum Gasteiger partial charge on any atom is 0.251 e. The highest BCUT2D eigenvalue weighted by Crippen LogP contribution is 2.16. The van der Waals surface area contributed by atoms with Gasteiger partial charge in [0.05, 0.1) is 6.26 Å². The molecule has 0 radical (unpaired) electrons. The second kappa shape index (κ2) is 6.85. The Morgan fingerprint density at radius 1 is 1.05 bits per heavy atom. The Labute approximate surface area is 127 Å². The molecule has 2 rings (SSSR count). The fraction of sp³-hybridized carbons (Fsp3) is 0.118. The van der Waals surface area contributed by atoms with Crippen molar-refractivity contribution in [3.63, 3.8) is 0 Å². The lowest BCUT2D eigenvalue weighted by molar-refractivity contribution is -0.112. The number of halogens is 2. The van der Waals surface area contributed by atoms with Crippen molar-refractivity contribution in [1.29, 1.82) is 0 Å². The summed E-state index contributed by atoms with van der Waals surface area (Å²) in [6.45, 7) is 3.93. The number of carbonyl (C=O) groups excluding carboxylic acids is 1. The lowest BCUT2D eigenvalue weighted by Crippen LogP contribution is -2.08. The van der Waals surface area contributed by atoms with Crippen molar-refractivity contribution in [1.82, 2.24) is 0 Å². The zero-order valence-electron chi connectivity index (χ0n) is 12.2. The third-order valence-corrected chi connectivity index (χ3v) is 3.09.